The highest BCUT2D eigenvalue weighted by Crippen LogP contribution is 2.24. The van der Waals surface area contributed by atoms with Crippen LogP contribution in [0.25, 0.3) is 0 Å². The van der Waals surface area contributed by atoms with Crippen LogP contribution in [0, 0.1) is 5.92 Å². The van der Waals surface area contributed by atoms with Crippen LogP contribution in [0.2, 0.25) is 0 Å². The summed E-state index contributed by atoms with van der Waals surface area (Å²) in [6.45, 7) is 3.00. The molecule has 0 aliphatic carbocycles. The molecule has 1 aliphatic rings. The van der Waals surface area contributed by atoms with Gasteiger partial charge in [0.1, 0.15) is 11.8 Å². The number of likely N-dealkylation sites (tertiary alicyclic amines) is 1. The molecule has 24 heavy (non-hydrogen) atoms. The van der Waals surface area contributed by atoms with Crippen molar-refractivity contribution in [2.75, 3.05) is 13.1 Å². The van der Waals surface area contributed by atoms with E-state index in [2.05, 4.69) is 5.32 Å². The SMILES string of the molecule is CCC(=O)N1CCC(C(=O)NC(c2ccccc2)c2ccco2)C1. The van der Waals surface area contributed by atoms with Crippen molar-refractivity contribution < 1.29 is 14.0 Å². The van der Waals surface area contributed by atoms with Crippen LogP contribution in [0.4, 0.5) is 0 Å². The lowest BCUT2D eigenvalue weighted by Gasteiger charge is -2.20. The van der Waals surface area contributed by atoms with Gasteiger partial charge in [-0.05, 0) is 24.1 Å². The molecule has 1 N–H and O–H groups in total. The van der Waals surface area contributed by atoms with Crippen molar-refractivity contribution in [1.29, 1.82) is 0 Å². The predicted molar refractivity (Wildman–Crippen MR) is 90.1 cm³/mol. The molecule has 1 saturated heterocycles. The summed E-state index contributed by atoms with van der Waals surface area (Å²) in [5.74, 6) is 0.610. The second kappa shape index (κ2) is 7.34. The molecule has 2 aromatic rings. The lowest BCUT2D eigenvalue weighted by molar-refractivity contribution is -0.130. The molecule has 5 nitrogen and oxygen atoms in total. The zero-order valence-electron chi connectivity index (χ0n) is 13.8. The maximum absolute atomic E-state index is 12.7. The van der Waals surface area contributed by atoms with Gasteiger partial charge in [-0.15, -0.1) is 0 Å². The van der Waals surface area contributed by atoms with Crippen molar-refractivity contribution in [2.45, 2.75) is 25.8 Å². The molecule has 1 aliphatic heterocycles. The molecule has 1 aromatic carbocycles. The summed E-state index contributed by atoms with van der Waals surface area (Å²) in [5.41, 5.74) is 0.972. The molecular formula is C19H22N2O3. The van der Waals surface area contributed by atoms with Gasteiger partial charge in [-0.25, -0.2) is 0 Å². The summed E-state index contributed by atoms with van der Waals surface area (Å²) in [5, 5.41) is 3.08. The average Bonchev–Trinajstić information content (AvgIpc) is 3.31. The first-order valence-corrected chi connectivity index (χ1v) is 8.35. The number of hydrogen-bond donors (Lipinski definition) is 1. The third kappa shape index (κ3) is 3.50. The van der Waals surface area contributed by atoms with Crippen molar-refractivity contribution in [3.05, 3.63) is 60.1 Å². The Hall–Kier alpha value is -2.56. The maximum atomic E-state index is 12.7. The Kier molecular flexibility index (Phi) is 4.99. The number of rotatable bonds is 5. The van der Waals surface area contributed by atoms with Crippen molar-refractivity contribution in [3.63, 3.8) is 0 Å². The Bertz CT molecular complexity index is 682. The molecule has 1 aromatic heterocycles. The molecule has 3 rings (SSSR count). The van der Waals surface area contributed by atoms with E-state index in [1.165, 1.54) is 0 Å². The molecular weight excluding hydrogens is 304 g/mol. The van der Waals surface area contributed by atoms with Crippen molar-refractivity contribution in [2.24, 2.45) is 5.92 Å². The number of benzene rings is 1. The number of amides is 2. The van der Waals surface area contributed by atoms with E-state index in [1.54, 1.807) is 11.2 Å². The van der Waals surface area contributed by atoms with Crippen LogP contribution in [-0.4, -0.2) is 29.8 Å². The van der Waals surface area contributed by atoms with E-state index in [9.17, 15) is 9.59 Å². The number of furan rings is 1. The first-order valence-electron chi connectivity index (χ1n) is 8.35. The fourth-order valence-corrected chi connectivity index (χ4v) is 3.10. The molecule has 126 valence electrons. The number of hydrogen-bond acceptors (Lipinski definition) is 3. The largest absolute Gasteiger partial charge is 0.467 e. The Morgan fingerprint density at radius 3 is 2.71 bits per heavy atom. The van der Waals surface area contributed by atoms with Gasteiger partial charge in [-0.2, -0.15) is 0 Å². The highest BCUT2D eigenvalue weighted by Gasteiger charge is 2.32. The van der Waals surface area contributed by atoms with Gasteiger partial charge in [0.2, 0.25) is 11.8 Å². The fourth-order valence-electron chi connectivity index (χ4n) is 3.10. The van der Waals surface area contributed by atoms with Crippen LogP contribution in [0.5, 0.6) is 0 Å². The minimum atomic E-state index is -0.315. The van der Waals surface area contributed by atoms with Crippen molar-refractivity contribution in [1.82, 2.24) is 10.2 Å². The molecule has 2 amide bonds. The molecule has 0 saturated carbocycles. The molecule has 5 heteroatoms. The summed E-state index contributed by atoms with van der Waals surface area (Å²) >= 11 is 0. The molecule has 0 bridgehead atoms. The van der Waals surface area contributed by atoms with Crippen molar-refractivity contribution >= 4 is 11.8 Å². The Morgan fingerprint density at radius 2 is 2.04 bits per heavy atom. The fraction of sp³-hybridized carbons (Fsp3) is 0.368. The first kappa shape index (κ1) is 16.3. The summed E-state index contributed by atoms with van der Waals surface area (Å²) in [6.07, 6.45) is 2.79. The zero-order chi connectivity index (χ0) is 16.9. The van der Waals surface area contributed by atoms with Gasteiger partial charge in [0, 0.05) is 19.5 Å². The Labute approximate surface area is 141 Å². The van der Waals surface area contributed by atoms with Gasteiger partial charge in [0.25, 0.3) is 0 Å². The third-order valence-corrected chi connectivity index (χ3v) is 4.46. The van der Waals surface area contributed by atoms with Crippen LogP contribution >= 0.6 is 0 Å². The Balaban J connectivity index is 1.72. The van der Waals surface area contributed by atoms with Gasteiger partial charge < -0.3 is 14.6 Å². The Morgan fingerprint density at radius 1 is 1.25 bits per heavy atom. The third-order valence-electron chi connectivity index (χ3n) is 4.46. The normalized spacial score (nSPS) is 18.4. The number of nitrogens with one attached hydrogen (secondary N) is 1. The summed E-state index contributed by atoms with van der Waals surface area (Å²) in [6, 6.07) is 13.1. The monoisotopic (exact) mass is 326 g/mol. The molecule has 1 fully saturated rings. The van der Waals surface area contributed by atoms with E-state index in [-0.39, 0.29) is 23.8 Å². The van der Waals surface area contributed by atoms with Crippen LogP contribution in [-0.2, 0) is 9.59 Å². The van der Waals surface area contributed by atoms with E-state index >= 15 is 0 Å². The molecule has 2 heterocycles. The van der Waals surface area contributed by atoms with E-state index in [0.717, 1.165) is 5.56 Å². The number of carbonyl (C=O) groups is 2. The summed E-state index contributed by atoms with van der Waals surface area (Å²) < 4.78 is 5.51. The van der Waals surface area contributed by atoms with Gasteiger partial charge in [-0.3, -0.25) is 9.59 Å². The van der Waals surface area contributed by atoms with Crippen molar-refractivity contribution in [3.8, 4) is 0 Å². The first-order chi connectivity index (χ1) is 11.7. The second-order valence-corrected chi connectivity index (χ2v) is 6.05. The van der Waals surface area contributed by atoms with Crippen LogP contribution < -0.4 is 5.32 Å². The molecule has 0 spiro atoms. The van der Waals surface area contributed by atoms with Crippen LogP contribution in [0.15, 0.2) is 53.1 Å². The van der Waals surface area contributed by atoms with E-state index in [1.807, 2.05) is 49.4 Å². The predicted octanol–water partition coefficient (Wildman–Crippen LogP) is 2.74. The standard InChI is InChI=1S/C19H22N2O3/c1-2-17(22)21-11-10-15(13-21)19(23)20-18(16-9-6-12-24-16)14-7-4-3-5-8-14/h3-9,12,15,18H,2,10-11,13H2,1H3,(H,20,23). The topological polar surface area (TPSA) is 62.6 Å². The van der Waals surface area contributed by atoms with E-state index in [0.29, 0.717) is 31.7 Å². The minimum Gasteiger partial charge on any atom is -0.467 e. The number of carbonyl (C=O) groups excluding carboxylic acids is 2. The van der Waals surface area contributed by atoms with Gasteiger partial charge in [0.15, 0.2) is 0 Å². The summed E-state index contributed by atoms with van der Waals surface area (Å²) in [4.78, 5) is 26.3. The van der Waals surface area contributed by atoms with Gasteiger partial charge in [0.05, 0.1) is 12.2 Å². The molecule has 2 atom stereocenters. The second-order valence-electron chi connectivity index (χ2n) is 6.05. The quantitative estimate of drug-likeness (QED) is 0.919. The van der Waals surface area contributed by atoms with Gasteiger partial charge >= 0.3 is 0 Å². The maximum Gasteiger partial charge on any atom is 0.225 e. The van der Waals surface area contributed by atoms with E-state index in [4.69, 9.17) is 4.42 Å². The smallest absolute Gasteiger partial charge is 0.225 e. The minimum absolute atomic E-state index is 0.0355. The van der Waals surface area contributed by atoms with Gasteiger partial charge in [-0.1, -0.05) is 37.3 Å². The van der Waals surface area contributed by atoms with Crippen LogP contribution in [0.1, 0.15) is 37.1 Å². The van der Waals surface area contributed by atoms with Crippen LogP contribution in [0.3, 0.4) is 0 Å². The average molecular weight is 326 g/mol. The highest BCUT2D eigenvalue weighted by atomic mass is 16.3. The zero-order valence-corrected chi connectivity index (χ0v) is 13.8. The molecule has 0 radical (unpaired) electrons. The lowest BCUT2D eigenvalue weighted by atomic mass is 10.0. The number of nitrogens with zero attached hydrogens (tertiary/aromatic N) is 1. The lowest BCUT2D eigenvalue weighted by Crippen LogP contribution is -2.36. The molecule has 2 unspecified atom stereocenters. The van der Waals surface area contributed by atoms with E-state index < -0.39 is 0 Å². The summed E-state index contributed by atoms with van der Waals surface area (Å²) in [7, 11) is 0. The highest BCUT2D eigenvalue weighted by molar-refractivity contribution is 5.82.